The second-order valence-electron chi connectivity index (χ2n) is 5.49. The summed E-state index contributed by atoms with van der Waals surface area (Å²) in [4.78, 5) is 25.4. The molecule has 8 heteroatoms. The molecule has 1 aliphatic heterocycles. The Balaban J connectivity index is 2.34. The van der Waals surface area contributed by atoms with Gasteiger partial charge in [0.1, 0.15) is 0 Å². The smallest absolute Gasteiger partial charge is 0.328 e. The number of aliphatic carboxylic acids is 1. The molecule has 1 aromatic rings. The number of carboxylic acids is 1. The summed E-state index contributed by atoms with van der Waals surface area (Å²) in [5.74, 6) is -0.779. The summed E-state index contributed by atoms with van der Waals surface area (Å²) in [6.45, 7) is 5.09. The maximum atomic E-state index is 12.8. The van der Waals surface area contributed by atoms with Crippen LogP contribution in [0, 0.1) is 0 Å². The molecule has 0 radical (unpaired) electrons. The van der Waals surface area contributed by atoms with Crippen LogP contribution in [0.15, 0.2) is 12.1 Å². The normalized spacial score (nSPS) is 17.2. The first-order valence-electron chi connectivity index (χ1n) is 8.20. The molecule has 0 spiro atoms. The highest BCUT2D eigenvalue weighted by molar-refractivity contribution is 6.32. The maximum Gasteiger partial charge on any atom is 0.328 e. The quantitative estimate of drug-likeness (QED) is 0.792. The first-order valence-corrected chi connectivity index (χ1v) is 8.58. The number of halogens is 1. The number of amides is 1. The molecule has 25 heavy (non-hydrogen) atoms. The van der Waals surface area contributed by atoms with Crippen LogP contribution in [0.5, 0.6) is 11.5 Å². The summed E-state index contributed by atoms with van der Waals surface area (Å²) in [7, 11) is 0. The van der Waals surface area contributed by atoms with Gasteiger partial charge in [-0.15, -0.1) is 0 Å². The second kappa shape index (κ2) is 8.92. The molecule has 2 rings (SSSR count). The molecule has 0 bridgehead atoms. The van der Waals surface area contributed by atoms with E-state index in [-0.39, 0.29) is 23.7 Å². The van der Waals surface area contributed by atoms with Crippen LogP contribution in [0.1, 0.15) is 30.6 Å². The van der Waals surface area contributed by atoms with E-state index >= 15 is 0 Å². The van der Waals surface area contributed by atoms with Crippen molar-refractivity contribution in [3.63, 3.8) is 0 Å². The van der Waals surface area contributed by atoms with E-state index in [0.717, 1.165) is 6.42 Å². The van der Waals surface area contributed by atoms with Crippen LogP contribution in [0.4, 0.5) is 0 Å². The monoisotopic (exact) mass is 371 g/mol. The summed E-state index contributed by atoms with van der Waals surface area (Å²) in [5.41, 5.74) is 0.255. The van der Waals surface area contributed by atoms with E-state index in [1.54, 1.807) is 0 Å². The van der Waals surface area contributed by atoms with Crippen LogP contribution in [0.25, 0.3) is 0 Å². The molecular formula is C17H22ClNO6. The van der Waals surface area contributed by atoms with E-state index in [4.69, 9.17) is 25.8 Å². The van der Waals surface area contributed by atoms with Gasteiger partial charge in [0.2, 0.25) is 0 Å². The summed E-state index contributed by atoms with van der Waals surface area (Å²) in [6, 6.07) is 2.00. The Morgan fingerprint density at radius 1 is 1.36 bits per heavy atom. The number of carbonyl (C=O) groups is 2. The van der Waals surface area contributed by atoms with Crippen molar-refractivity contribution in [1.82, 2.24) is 4.90 Å². The van der Waals surface area contributed by atoms with Gasteiger partial charge in [0.05, 0.1) is 31.5 Å². The summed E-state index contributed by atoms with van der Waals surface area (Å²) in [6.07, 6.45) is 0.802. The van der Waals surface area contributed by atoms with Crippen molar-refractivity contribution in [2.45, 2.75) is 26.3 Å². The molecule has 1 aromatic carbocycles. The Hall–Kier alpha value is -1.99. The predicted molar refractivity (Wildman–Crippen MR) is 91.7 cm³/mol. The number of nitrogens with zero attached hydrogens (tertiary/aromatic N) is 1. The molecule has 1 saturated heterocycles. The van der Waals surface area contributed by atoms with Crippen LogP contribution < -0.4 is 9.47 Å². The van der Waals surface area contributed by atoms with Gasteiger partial charge in [0, 0.05) is 12.1 Å². The van der Waals surface area contributed by atoms with Crippen molar-refractivity contribution in [2.24, 2.45) is 0 Å². The Labute approximate surface area is 151 Å². The first kappa shape index (κ1) is 19.3. The van der Waals surface area contributed by atoms with Crippen LogP contribution in [-0.4, -0.2) is 60.9 Å². The molecular weight excluding hydrogens is 350 g/mol. The molecule has 0 unspecified atom stereocenters. The van der Waals surface area contributed by atoms with E-state index in [9.17, 15) is 14.7 Å². The topological polar surface area (TPSA) is 85.3 Å². The van der Waals surface area contributed by atoms with Gasteiger partial charge >= 0.3 is 5.97 Å². The lowest BCUT2D eigenvalue weighted by Crippen LogP contribution is -2.52. The van der Waals surface area contributed by atoms with E-state index in [0.29, 0.717) is 31.3 Å². The summed E-state index contributed by atoms with van der Waals surface area (Å²) < 4.78 is 16.3. The number of ether oxygens (including phenoxy) is 3. The molecule has 7 nitrogen and oxygen atoms in total. The largest absolute Gasteiger partial charge is 0.490 e. The van der Waals surface area contributed by atoms with Crippen molar-refractivity contribution < 1.29 is 28.9 Å². The zero-order chi connectivity index (χ0) is 18.4. The third kappa shape index (κ3) is 4.55. The van der Waals surface area contributed by atoms with Gasteiger partial charge < -0.3 is 24.2 Å². The van der Waals surface area contributed by atoms with E-state index in [1.807, 2.05) is 13.8 Å². The third-order valence-corrected chi connectivity index (χ3v) is 3.96. The minimum absolute atomic E-state index is 0.0369. The van der Waals surface area contributed by atoms with E-state index < -0.39 is 17.9 Å². The molecule has 1 aliphatic rings. The lowest BCUT2D eigenvalue weighted by atomic mass is 10.1. The average molecular weight is 372 g/mol. The Bertz CT molecular complexity index is 636. The number of morpholine rings is 1. The van der Waals surface area contributed by atoms with Crippen molar-refractivity contribution >= 4 is 23.5 Å². The highest BCUT2D eigenvalue weighted by atomic mass is 35.5. The predicted octanol–water partition coefficient (Wildman–Crippen LogP) is 2.45. The molecule has 1 amide bonds. The number of hydrogen-bond acceptors (Lipinski definition) is 5. The fraction of sp³-hybridized carbons (Fsp3) is 0.529. The van der Waals surface area contributed by atoms with E-state index in [2.05, 4.69) is 0 Å². The average Bonchev–Trinajstić information content (AvgIpc) is 2.60. The maximum absolute atomic E-state index is 12.8. The fourth-order valence-corrected chi connectivity index (χ4v) is 2.78. The molecule has 1 atom stereocenters. The van der Waals surface area contributed by atoms with Crippen LogP contribution in [0.3, 0.4) is 0 Å². The standard InChI is InChI=1S/C17H22ClNO6/c1-3-6-25-15-12(18)8-11(9-14(15)24-4-2)16(20)19-5-7-23-10-13(19)17(21)22/h8-9,13H,3-7,10H2,1-2H3,(H,21,22)/t13-/m1/s1. The number of benzene rings is 1. The highest BCUT2D eigenvalue weighted by Crippen LogP contribution is 2.37. The number of carbonyl (C=O) groups excluding carboxylic acids is 1. The number of carboxylic acid groups (broad SMARTS) is 1. The van der Waals surface area contributed by atoms with Crippen molar-refractivity contribution in [3.05, 3.63) is 22.7 Å². The minimum atomic E-state index is -1.10. The number of hydrogen-bond donors (Lipinski definition) is 1. The highest BCUT2D eigenvalue weighted by Gasteiger charge is 2.34. The van der Waals surface area contributed by atoms with Crippen LogP contribution >= 0.6 is 11.6 Å². The molecule has 1 N–H and O–H groups in total. The van der Waals surface area contributed by atoms with Gasteiger partial charge in [0.25, 0.3) is 5.91 Å². The van der Waals surface area contributed by atoms with Crippen molar-refractivity contribution in [3.8, 4) is 11.5 Å². The van der Waals surface area contributed by atoms with Gasteiger partial charge in [-0.1, -0.05) is 18.5 Å². The number of rotatable bonds is 7. The SMILES string of the molecule is CCCOc1c(Cl)cc(C(=O)N2CCOC[C@@H]2C(=O)O)cc1OCC. The Morgan fingerprint density at radius 3 is 2.76 bits per heavy atom. The van der Waals surface area contributed by atoms with Gasteiger partial charge in [-0.05, 0) is 25.5 Å². The van der Waals surface area contributed by atoms with Gasteiger partial charge in [-0.3, -0.25) is 4.79 Å². The molecule has 138 valence electrons. The molecule has 1 heterocycles. The molecule has 1 fully saturated rings. The van der Waals surface area contributed by atoms with Gasteiger partial charge in [-0.25, -0.2) is 4.79 Å². The Kier molecular flexibility index (Phi) is 6.90. The Morgan fingerprint density at radius 2 is 2.12 bits per heavy atom. The molecule has 0 aromatic heterocycles. The van der Waals surface area contributed by atoms with Crippen molar-refractivity contribution in [1.29, 1.82) is 0 Å². The minimum Gasteiger partial charge on any atom is -0.490 e. The summed E-state index contributed by atoms with van der Waals surface area (Å²) in [5, 5.41) is 9.55. The van der Waals surface area contributed by atoms with E-state index in [1.165, 1.54) is 17.0 Å². The third-order valence-electron chi connectivity index (χ3n) is 3.68. The fourth-order valence-electron chi connectivity index (χ4n) is 2.52. The lowest BCUT2D eigenvalue weighted by Gasteiger charge is -2.33. The zero-order valence-electron chi connectivity index (χ0n) is 14.3. The lowest BCUT2D eigenvalue weighted by molar-refractivity contribution is -0.147. The second-order valence-corrected chi connectivity index (χ2v) is 5.90. The first-order chi connectivity index (χ1) is 12.0. The van der Waals surface area contributed by atoms with Gasteiger partial charge in [-0.2, -0.15) is 0 Å². The van der Waals surface area contributed by atoms with Gasteiger partial charge in [0.15, 0.2) is 17.5 Å². The molecule has 0 aliphatic carbocycles. The zero-order valence-corrected chi connectivity index (χ0v) is 15.0. The van der Waals surface area contributed by atoms with Crippen molar-refractivity contribution in [2.75, 3.05) is 33.0 Å². The molecule has 0 saturated carbocycles. The summed E-state index contributed by atoms with van der Waals surface area (Å²) >= 11 is 6.27. The van der Waals surface area contributed by atoms with Crippen LogP contribution in [0.2, 0.25) is 5.02 Å². The van der Waals surface area contributed by atoms with Crippen LogP contribution in [-0.2, 0) is 9.53 Å².